The molecule has 1 atom stereocenters. The van der Waals surface area contributed by atoms with E-state index in [1.807, 2.05) is 6.92 Å². The highest BCUT2D eigenvalue weighted by molar-refractivity contribution is 6.30. The highest BCUT2D eigenvalue weighted by atomic mass is 35.5. The van der Waals surface area contributed by atoms with Crippen LogP contribution in [-0.2, 0) is 4.74 Å². The summed E-state index contributed by atoms with van der Waals surface area (Å²) >= 11 is 5.64. The summed E-state index contributed by atoms with van der Waals surface area (Å²) in [7, 11) is 0. The minimum atomic E-state index is -0.431. The van der Waals surface area contributed by atoms with Gasteiger partial charge >= 0.3 is 0 Å². The minimum absolute atomic E-state index is 0.234. The zero-order valence-corrected chi connectivity index (χ0v) is 9.85. The second-order valence-corrected chi connectivity index (χ2v) is 4.76. The molecular weight excluding hydrogens is 231 g/mol. The number of anilines is 1. The molecule has 1 aromatic rings. The molecule has 1 N–H and O–H groups in total. The number of pyridine rings is 1. The second-order valence-electron chi connectivity index (χ2n) is 4.33. The van der Waals surface area contributed by atoms with Crippen LogP contribution in [0.15, 0.2) is 12.3 Å². The van der Waals surface area contributed by atoms with Crippen molar-refractivity contribution in [1.29, 1.82) is 0 Å². The van der Waals surface area contributed by atoms with Crippen molar-refractivity contribution < 1.29 is 9.13 Å². The summed E-state index contributed by atoms with van der Waals surface area (Å²) in [6.45, 7) is 3.34. The monoisotopic (exact) mass is 244 g/mol. The largest absolute Gasteiger partial charge is 0.379 e. The van der Waals surface area contributed by atoms with Crippen LogP contribution in [0.1, 0.15) is 19.8 Å². The van der Waals surface area contributed by atoms with E-state index in [1.165, 1.54) is 12.3 Å². The molecule has 0 radical (unpaired) electrons. The van der Waals surface area contributed by atoms with Gasteiger partial charge in [0.2, 0.25) is 0 Å². The van der Waals surface area contributed by atoms with E-state index < -0.39 is 5.82 Å². The van der Waals surface area contributed by atoms with E-state index in [2.05, 4.69) is 10.3 Å². The quantitative estimate of drug-likeness (QED) is 0.869. The normalized spacial score (nSPS) is 25.4. The van der Waals surface area contributed by atoms with Gasteiger partial charge in [0, 0.05) is 12.8 Å². The maximum Gasteiger partial charge on any atom is 0.166 e. The van der Waals surface area contributed by atoms with E-state index >= 15 is 0 Å². The Labute approximate surface area is 99.0 Å². The molecule has 1 aliphatic heterocycles. The predicted octanol–water partition coefficient (Wildman–Crippen LogP) is 2.86. The van der Waals surface area contributed by atoms with E-state index in [4.69, 9.17) is 16.3 Å². The van der Waals surface area contributed by atoms with Crippen LogP contribution in [0.2, 0.25) is 5.02 Å². The van der Waals surface area contributed by atoms with Crippen LogP contribution < -0.4 is 5.32 Å². The van der Waals surface area contributed by atoms with Gasteiger partial charge in [-0.1, -0.05) is 11.6 Å². The molecule has 1 fully saturated rings. The number of nitrogens with one attached hydrogen (secondary N) is 1. The Kier molecular flexibility index (Phi) is 3.30. The molecule has 1 aromatic heterocycles. The fraction of sp³-hybridized carbons (Fsp3) is 0.545. The van der Waals surface area contributed by atoms with Gasteiger partial charge in [-0.2, -0.15) is 0 Å². The van der Waals surface area contributed by atoms with Crippen molar-refractivity contribution in [2.45, 2.75) is 25.3 Å². The lowest BCUT2D eigenvalue weighted by atomic mass is 9.95. The minimum Gasteiger partial charge on any atom is -0.379 e. The standard InChI is InChI=1S/C11H14ClFN2O/c1-11(3-2-4-16-7-11)15-10-9(13)5-8(12)6-14-10/h5-6H,2-4,7H2,1H3,(H,14,15). The lowest BCUT2D eigenvalue weighted by Crippen LogP contribution is -2.43. The molecule has 88 valence electrons. The van der Waals surface area contributed by atoms with E-state index in [-0.39, 0.29) is 11.4 Å². The zero-order valence-electron chi connectivity index (χ0n) is 9.09. The molecule has 0 saturated carbocycles. The summed E-state index contributed by atoms with van der Waals surface area (Å²) in [6, 6.07) is 1.25. The number of ether oxygens (including phenoxy) is 1. The molecule has 5 heteroatoms. The van der Waals surface area contributed by atoms with E-state index in [1.54, 1.807) is 0 Å². The Morgan fingerprint density at radius 2 is 2.44 bits per heavy atom. The Morgan fingerprint density at radius 1 is 1.62 bits per heavy atom. The van der Waals surface area contributed by atoms with E-state index in [0.29, 0.717) is 11.6 Å². The van der Waals surface area contributed by atoms with Crippen molar-refractivity contribution in [3.05, 3.63) is 23.1 Å². The van der Waals surface area contributed by atoms with Crippen LogP contribution in [0.25, 0.3) is 0 Å². The SMILES string of the molecule is CC1(Nc2ncc(Cl)cc2F)CCCOC1. The average molecular weight is 245 g/mol. The van der Waals surface area contributed by atoms with Gasteiger partial charge in [-0.3, -0.25) is 0 Å². The summed E-state index contributed by atoms with van der Waals surface area (Å²) in [4.78, 5) is 3.94. The Balaban J connectivity index is 2.13. The molecule has 2 rings (SSSR count). The highest BCUT2D eigenvalue weighted by Gasteiger charge is 2.28. The predicted molar refractivity (Wildman–Crippen MR) is 61.3 cm³/mol. The van der Waals surface area contributed by atoms with Crippen molar-refractivity contribution in [1.82, 2.24) is 4.98 Å². The van der Waals surface area contributed by atoms with Crippen LogP contribution in [-0.4, -0.2) is 23.7 Å². The summed E-state index contributed by atoms with van der Waals surface area (Å²) in [5.74, 6) is -0.198. The van der Waals surface area contributed by atoms with Crippen molar-refractivity contribution in [2.75, 3.05) is 18.5 Å². The van der Waals surface area contributed by atoms with Gasteiger partial charge in [-0.25, -0.2) is 9.37 Å². The maximum atomic E-state index is 13.5. The fourth-order valence-corrected chi connectivity index (χ4v) is 1.97. The summed E-state index contributed by atoms with van der Waals surface area (Å²) in [6.07, 6.45) is 3.34. The number of halogens is 2. The molecule has 1 saturated heterocycles. The average Bonchev–Trinajstić information content (AvgIpc) is 2.23. The van der Waals surface area contributed by atoms with Gasteiger partial charge in [0.25, 0.3) is 0 Å². The Bertz CT molecular complexity index is 380. The van der Waals surface area contributed by atoms with Gasteiger partial charge in [-0.15, -0.1) is 0 Å². The number of hydrogen-bond donors (Lipinski definition) is 1. The first-order valence-electron chi connectivity index (χ1n) is 5.26. The molecular formula is C11H14ClFN2O. The third kappa shape index (κ3) is 2.62. The van der Waals surface area contributed by atoms with E-state index in [9.17, 15) is 4.39 Å². The van der Waals surface area contributed by atoms with Crippen LogP contribution >= 0.6 is 11.6 Å². The fourth-order valence-electron chi connectivity index (χ4n) is 1.82. The molecule has 0 amide bonds. The highest BCUT2D eigenvalue weighted by Crippen LogP contribution is 2.25. The van der Waals surface area contributed by atoms with Gasteiger partial charge in [0.15, 0.2) is 11.6 Å². The molecule has 0 aliphatic carbocycles. The van der Waals surface area contributed by atoms with Gasteiger partial charge < -0.3 is 10.1 Å². The summed E-state index contributed by atoms with van der Waals surface area (Å²) in [5.41, 5.74) is -0.250. The summed E-state index contributed by atoms with van der Waals surface area (Å²) < 4.78 is 18.9. The van der Waals surface area contributed by atoms with Gasteiger partial charge in [0.1, 0.15) is 0 Å². The zero-order chi connectivity index (χ0) is 11.6. The second kappa shape index (κ2) is 4.55. The van der Waals surface area contributed by atoms with Gasteiger partial charge in [-0.05, 0) is 25.8 Å². The number of hydrogen-bond acceptors (Lipinski definition) is 3. The molecule has 3 nitrogen and oxygen atoms in total. The third-order valence-electron chi connectivity index (χ3n) is 2.67. The number of rotatable bonds is 2. The van der Waals surface area contributed by atoms with Crippen LogP contribution in [0.5, 0.6) is 0 Å². The maximum absolute atomic E-state index is 13.5. The number of aromatic nitrogens is 1. The summed E-state index contributed by atoms with van der Waals surface area (Å²) in [5, 5.41) is 3.38. The molecule has 1 aliphatic rings. The topological polar surface area (TPSA) is 34.2 Å². The Morgan fingerprint density at radius 3 is 3.06 bits per heavy atom. The molecule has 0 bridgehead atoms. The van der Waals surface area contributed by atoms with Crippen molar-refractivity contribution >= 4 is 17.4 Å². The lowest BCUT2D eigenvalue weighted by molar-refractivity contribution is 0.0537. The smallest absolute Gasteiger partial charge is 0.166 e. The van der Waals surface area contributed by atoms with Crippen molar-refractivity contribution in [3.63, 3.8) is 0 Å². The Hall–Kier alpha value is -0.870. The molecule has 0 aromatic carbocycles. The molecule has 1 unspecified atom stereocenters. The molecule has 16 heavy (non-hydrogen) atoms. The van der Waals surface area contributed by atoms with Crippen molar-refractivity contribution in [2.24, 2.45) is 0 Å². The first-order valence-corrected chi connectivity index (χ1v) is 5.64. The number of nitrogens with zero attached hydrogens (tertiary/aromatic N) is 1. The van der Waals surface area contributed by atoms with Crippen molar-refractivity contribution in [3.8, 4) is 0 Å². The first kappa shape index (κ1) is 11.6. The molecule has 0 spiro atoms. The van der Waals surface area contributed by atoms with Crippen LogP contribution in [0, 0.1) is 5.82 Å². The van der Waals surface area contributed by atoms with Crippen LogP contribution in [0.3, 0.4) is 0 Å². The van der Waals surface area contributed by atoms with Crippen LogP contribution in [0.4, 0.5) is 10.2 Å². The third-order valence-corrected chi connectivity index (χ3v) is 2.87. The molecule has 2 heterocycles. The lowest BCUT2D eigenvalue weighted by Gasteiger charge is -2.34. The van der Waals surface area contributed by atoms with E-state index in [0.717, 1.165) is 19.4 Å². The van der Waals surface area contributed by atoms with Gasteiger partial charge in [0.05, 0.1) is 17.2 Å². The first-order chi connectivity index (χ1) is 7.59.